The van der Waals surface area contributed by atoms with Gasteiger partial charge in [-0.25, -0.2) is 4.68 Å². The first-order valence-corrected chi connectivity index (χ1v) is 6.67. The van der Waals surface area contributed by atoms with Gasteiger partial charge in [-0.2, -0.15) is 0 Å². The van der Waals surface area contributed by atoms with Gasteiger partial charge in [0.2, 0.25) is 0 Å². The SMILES string of the molecule is CC(C)NCc1nnnn1Cc1cccc(Br)c1. The highest BCUT2D eigenvalue weighted by molar-refractivity contribution is 9.10. The standard InChI is InChI=1S/C12H16BrN5/c1-9(2)14-7-12-15-16-17-18(12)8-10-4-3-5-11(13)6-10/h3-6,9,14H,7-8H2,1-2H3. The van der Waals surface area contributed by atoms with Crippen LogP contribution in [0.5, 0.6) is 0 Å². The van der Waals surface area contributed by atoms with Gasteiger partial charge in [-0.3, -0.25) is 0 Å². The van der Waals surface area contributed by atoms with Crippen LogP contribution in [0.15, 0.2) is 28.7 Å². The average molecular weight is 310 g/mol. The van der Waals surface area contributed by atoms with Gasteiger partial charge < -0.3 is 5.32 Å². The predicted octanol–water partition coefficient (Wildman–Crippen LogP) is 1.98. The highest BCUT2D eigenvalue weighted by Crippen LogP contribution is 2.12. The third-order valence-electron chi connectivity index (χ3n) is 2.50. The Kier molecular flexibility index (Phi) is 4.43. The quantitative estimate of drug-likeness (QED) is 0.917. The highest BCUT2D eigenvalue weighted by atomic mass is 79.9. The fraction of sp³-hybridized carbons (Fsp3) is 0.417. The lowest BCUT2D eigenvalue weighted by Gasteiger charge is -2.08. The number of nitrogens with one attached hydrogen (secondary N) is 1. The Bertz CT molecular complexity index is 509. The van der Waals surface area contributed by atoms with Gasteiger partial charge in [0, 0.05) is 10.5 Å². The van der Waals surface area contributed by atoms with Crippen LogP contribution in [0, 0.1) is 0 Å². The zero-order valence-corrected chi connectivity index (χ0v) is 12.1. The van der Waals surface area contributed by atoms with Gasteiger partial charge in [-0.15, -0.1) is 5.10 Å². The monoisotopic (exact) mass is 309 g/mol. The van der Waals surface area contributed by atoms with Crippen LogP contribution in [-0.4, -0.2) is 26.2 Å². The molecule has 5 nitrogen and oxygen atoms in total. The van der Waals surface area contributed by atoms with E-state index in [9.17, 15) is 0 Å². The molecule has 2 aromatic rings. The van der Waals surface area contributed by atoms with E-state index in [4.69, 9.17) is 0 Å². The van der Waals surface area contributed by atoms with E-state index in [1.807, 2.05) is 16.8 Å². The van der Waals surface area contributed by atoms with E-state index in [2.05, 4.69) is 62.8 Å². The molecule has 1 N–H and O–H groups in total. The molecule has 0 atom stereocenters. The van der Waals surface area contributed by atoms with E-state index in [0.717, 1.165) is 10.3 Å². The van der Waals surface area contributed by atoms with Crippen LogP contribution >= 0.6 is 15.9 Å². The van der Waals surface area contributed by atoms with Crippen LogP contribution < -0.4 is 5.32 Å². The van der Waals surface area contributed by atoms with Crippen LogP contribution in [0.4, 0.5) is 0 Å². The predicted molar refractivity (Wildman–Crippen MR) is 73.0 cm³/mol. The third kappa shape index (κ3) is 3.61. The van der Waals surface area contributed by atoms with Crippen LogP contribution in [0.25, 0.3) is 0 Å². The number of aromatic nitrogens is 4. The summed E-state index contributed by atoms with van der Waals surface area (Å²) in [5.74, 6) is 0.851. The van der Waals surface area contributed by atoms with Gasteiger partial charge in [0.15, 0.2) is 5.82 Å². The molecule has 6 heteroatoms. The fourth-order valence-corrected chi connectivity index (χ4v) is 2.02. The van der Waals surface area contributed by atoms with E-state index in [1.165, 1.54) is 5.56 Å². The molecule has 0 spiro atoms. The lowest BCUT2D eigenvalue weighted by molar-refractivity contribution is 0.537. The summed E-state index contributed by atoms with van der Waals surface area (Å²) >= 11 is 3.46. The molecule has 1 aromatic heterocycles. The second kappa shape index (κ2) is 6.06. The molecule has 0 bridgehead atoms. The molecule has 96 valence electrons. The first-order chi connectivity index (χ1) is 8.65. The number of tetrazole rings is 1. The Morgan fingerprint density at radius 1 is 1.39 bits per heavy atom. The summed E-state index contributed by atoms with van der Waals surface area (Å²) in [6, 6.07) is 8.56. The maximum atomic E-state index is 4.03. The van der Waals surface area contributed by atoms with Crippen molar-refractivity contribution in [2.75, 3.05) is 0 Å². The van der Waals surface area contributed by atoms with Crippen molar-refractivity contribution in [2.45, 2.75) is 33.0 Å². The number of hydrogen-bond donors (Lipinski definition) is 1. The largest absolute Gasteiger partial charge is 0.308 e. The number of hydrogen-bond acceptors (Lipinski definition) is 4. The molecule has 0 saturated carbocycles. The summed E-state index contributed by atoms with van der Waals surface area (Å²) < 4.78 is 2.88. The molecule has 0 aliphatic carbocycles. The molecule has 0 aliphatic heterocycles. The Morgan fingerprint density at radius 2 is 2.22 bits per heavy atom. The van der Waals surface area contributed by atoms with E-state index in [0.29, 0.717) is 19.1 Å². The number of benzene rings is 1. The summed E-state index contributed by atoms with van der Waals surface area (Å²) in [5, 5.41) is 15.1. The lowest BCUT2D eigenvalue weighted by Crippen LogP contribution is -2.24. The van der Waals surface area contributed by atoms with E-state index >= 15 is 0 Å². The van der Waals surface area contributed by atoms with Crippen LogP contribution in [0.2, 0.25) is 0 Å². The van der Waals surface area contributed by atoms with E-state index < -0.39 is 0 Å². The number of rotatable bonds is 5. The van der Waals surface area contributed by atoms with Gasteiger partial charge in [0.1, 0.15) is 0 Å². The molecule has 0 saturated heterocycles. The summed E-state index contributed by atoms with van der Waals surface area (Å²) in [5.41, 5.74) is 1.17. The van der Waals surface area contributed by atoms with Gasteiger partial charge in [-0.1, -0.05) is 41.9 Å². The molecule has 0 fully saturated rings. The maximum absolute atomic E-state index is 4.03. The molecule has 0 unspecified atom stereocenters. The van der Waals surface area contributed by atoms with Crippen molar-refractivity contribution in [3.05, 3.63) is 40.1 Å². The van der Waals surface area contributed by atoms with Crippen molar-refractivity contribution < 1.29 is 0 Å². The Morgan fingerprint density at radius 3 is 2.94 bits per heavy atom. The molecule has 2 rings (SSSR count). The van der Waals surface area contributed by atoms with Gasteiger partial charge in [-0.05, 0) is 28.1 Å². The van der Waals surface area contributed by atoms with E-state index in [1.54, 1.807) is 0 Å². The Balaban J connectivity index is 2.07. The lowest BCUT2D eigenvalue weighted by atomic mass is 10.2. The summed E-state index contributed by atoms with van der Waals surface area (Å²) in [6.07, 6.45) is 0. The molecule has 0 aliphatic rings. The van der Waals surface area contributed by atoms with Crippen molar-refractivity contribution in [2.24, 2.45) is 0 Å². The molecule has 1 heterocycles. The first kappa shape index (κ1) is 13.2. The molecule has 1 aromatic carbocycles. The molecular formula is C12H16BrN5. The second-order valence-electron chi connectivity index (χ2n) is 4.42. The second-order valence-corrected chi connectivity index (χ2v) is 5.33. The summed E-state index contributed by atoms with van der Waals surface area (Å²) in [4.78, 5) is 0. The maximum Gasteiger partial charge on any atom is 0.165 e. The van der Waals surface area contributed by atoms with Crippen molar-refractivity contribution in [1.82, 2.24) is 25.5 Å². The topological polar surface area (TPSA) is 55.6 Å². The smallest absolute Gasteiger partial charge is 0.165 e. The minimum absolute atomic E-state index is 0.418. The normalized spacial score (nSPS) is 11.1. The average Bonchev–Trinajstić information content (AvgIpc) is 2.74. The Labute approximate surface area is 115 Å². The van der Waals surface area contributed by atoms with Gasteiger partial charge in [0.25, 0.3) is 0 Å². The summed E-state index contributed by atoms with van der Waals surface area (Å²) in [6.45, 7) is 5.56. The van der Waals surface area contributed by atoms with Crippen molar-refractivity contribution in [3.63, 3.8) is 0 Å². The van der Waals surface area contributed by atoms with Gasteiger partial charge >= 0.3 is 0 Å². The highest BCUT2D eigenvalue weighted by Gasteiger charge is 2.07. The minimum Gasteiger partial charge on any atom is -0.308 e. The van der Waals surface area contributed by atoms with Crippen LogP contribution in [0.3, 0.4) is 0 Å². The van der Waals surface area contributed by atoms with Crippen molar-refractivity contribution >= 4 is 15.9 Å². The van der Waals surface area contributed by atoms with Crippen LogP contribution in [0.1, 0.15) is 25.2 Å². The molecular weight excluding hydrogens is 294 g/mol. The fourth-order valence-electron chi connectivity index (χ4n) is 1.58. The third-order valence-corrected chi connectivity index (χ3v) is 2.99. The van der Waals surface area contributed by atoms with E-state index in [-0.39, 0.29) is 0 Å². The van der Waals surface area contributed by atoms with Crippen LogP contribution in [-0.2, 0) is 13.1 Å². The van der Waals surface area contributed by atoms with Crippen molar-refractivity contribution in [1.29, 1.82) is 0 Å². The van der Waals surface area contributed by atoms with Gasteiger partial charge in [0.05, 0.1) is 13.1 Å². The first-order valence-electron chi connectivity index (χ1n) is 5.88. The number of nitrogens with zero attached hydrogens (tertiary/aromatic N) is 4. The Hall–Kier alpha value is -1.27. The number of halogens is 1. The molecule has 0 amide bonds. The zero-order valence-electron chi connectivity index (χ0n) is 10.5. The minimum atomic E-state index is 0.418. The summed E-state index contributed by atoms with van der Waals surface area (Å²) in [7, 11) is 0. The van der Waals surface area contributed by atoms with Crippen molar-refractivity contribution in [3.8, 4) is 0 Å². The molecule has 18 heavy (non-hydrogen) atoms. The zero-order chi connectivity index (χ0) is 13.0. The molecule has 0 radical (unpaired) electrons.